The molecule has 242 valence electrons. The lowest BCUT2D eigenvalue weighted by Gasteiger charge is -2.36. The van der Waals surface area contributed by atoms with Gasteiger partial charge in [0.15, 0.2) is 5.84 Å². The summed E-state index contributed by atoms with van der Waals surface area (Å²) in [5.41, 5.74) is 13.3. The van der Waals surface area contributed by atoms with Crippen LogP contribution >= 0.6 is 0 Å². The lowest BCUT2D eigenvalue weighted by Crippen LogP contribution is -2.41. The molecule has 9 rings (SSSR count). The van der Waals surface area contributed by atoms with Gasteiger partial charge < -0.3 is 5.32 Å². The summed E-state index contributed by atoms with van der Waals surface area (Å²) >= 11 is 0. The molecule has 5 aromatic carbocycles. The number of benzene rings is 5. The molecule has 4 atom stereocenters. The first-order valence-electron chi connectivity index (χ1n) is 18.2. The van der Waals surface area contributed by atoms with Gasteiger partial charge in [-0.2, -0.15) is 0 Å². The average Bonchev–Trinajstić information content (AvgIpc) is 3.77. The molecule has 0 radical (unpaired) electrons. The first-order valence-corrected chi connectivity index (χ1v) is 18.2. The van der Waals surface area contributed by atoms with E-state index in [1.54, 1.807) is 0 Å². The summed E-state index contributed by atoms with van der Waals surface area (Å²) in [6.45, 7) is 4.79. The summed E-state index contributed by atoms with van der Waals surface area (Å²) in [6, 6.07) is 46.5. The first kappa shape index (κ1) is 30.1. The van der Waals surface area contributed by atoms with Gasteiger partial charge in [0.2, 0.25) is 0 Å². The summed E-state index contributed by atoms with van der Waals surface area (Å²) in [5.74, 6) is 2.97. The van der Waals surface area contributed by atoms with E-state index < -0.39 is 0 Å². The van der Waals surface area contributed by atoms with Gasteiger partial charge in [-0.25, -0.2) is 9.98 Å². The van der Waals surface area contributed by atoms with Crippen LogP contribution in [0.5, 0.6) is 0 Å². The normalized spacial score (nSPS) is 23.6. The Morgan fingerprint density at radius 2 is 1.33 bits per heavy atom. The van der Waals surface area contributed by atoms with E-state index in [9.17, 15) is 0 Å². The number of aliphatic imine (C=N–C) groups is 2. The minimum Gasteiger partial charge on any atom is -0.348 e. The van der Waals surface area contributed by atoms with E-state index in [1.807, 2.05) is 0 Å². The SMILES string of the molecule is CC1CC(c2ccccc2)=CC(C2=NC(c3ccc4c(c3)C3(CCCC3)c3ccccc3-4)=NC(c3cccc(-c4ccccc4)c3)N2)C1C. The second-order valence-electron chi connectivity index (χ2n) is 14.7. The van der Waals surface area contributed by atoms with Gasteiger partial charge in [-0.3, -0.25) is 0 Å². The summed E-state index contributed by atoms with van der Waals surface area (Å²) in [4.78, 5) is 10.9. The highest BCUT2D eigenvalue weighted by molar-refractivity contribution is 6.09. The molecule has 1 spiro atoms. The molecule has 1 aliphatic heterocycles. The Hall–Kier alpha value is -5.02. The van der Waals surface area contributed by atoms with E-state index in [1.165, 1.54) is 70.2 Å². The van der Waals surface area contributed by atoms with Crippen LogP contribution in [-0.2, 0) is 5.41 Å². The molecule has 3 aliphatic carbocycles. The van der Waals surface area contributed by atoms with E-state index >= 15 is 0 Å². The molecule has 0 aromatic heterocycles. The van der Waals surface area contributed by atoms with Gasteiger partial charge in [-0.05, 0) is 93.3 Å². The topological polar surface area (TPSA) is 36.8 Å². The maximum absolute atomic E-state index is 5.45. The monoisotopic (exact) mass is 637 g/mol. The average molecular weight is 638 g/mol. The third-order valence-electron chi connectivity index (χ3n) is 11.9. The number of amidine groups is 2. The third-order valence-corrected chi connectivity index (χ3v) is 11.9. The van der Waals surface area contributed by atoms with Crippen LogP contribution in [0.2, 0.25) is 0 Å². The fourth-order valence-corrected chi connectivity index (χ4v) is 9.09. The molecule has 1 heterocycles. The summed E-state index contributed by atoms with van der Waals surface area (Å²) in [5, 5.41) is 3.87. The molecule has 3 heteroatoms. The first-order chi connectivity index (χ1) is 24.1. The summed E-state index contributed by atoms with van der Waals surface area (Å²) in [7, 11) is 0. The van der Waals surface area contributed by atoms with Crippen LogP contribution < -0.4 is 5.32 Å². The second kappa shape index (κ2) is 12.1. The van der Waals surface area contributed by atoms with Crippen molar-refractivity contribution in [2.75, 3.05) is 0 Å². The zero-order valence-electron chi connectivity index (χ0n) is 28.4. The summed E-state index contributed by atoms with van der Waals surface area (Å²) in [6.07, 6.45) is 8.29. The van der Waals surface area contributed by atoms with Crippen molar-refractivity contribution in [1.29, 1.82) is 0 Å². The van der Waals surface area contributed by atoms with Crippen LogP contribution in [0, 0.1) is 17.8 Å². The van der Waals surface area contributed by atoms with Gasteiger partial charge in [0, 0.05) is 16.9 Å². The highest BCUT2D eigenvalue weighted by Gasteiger charge is 2.45. The fourth-order valence-electron chi connectivity index (χ4n) is 9.09. The van der Waals surface area contributed by atoms with E-state index in [0.717, 1.165) is 29.2 Å². The van der Waals surface area contributed by atoms with Gasteiger partial charge >= 0.3 is 0 Å². The number of rotatable bonds is 5. The Kier molecular flexibility index (Phi) is 7.45. The number of hydrogen-bond donors (Lipinski definition) is 1. The van der Waals surface area contributed by atoms with Crippen molar-refractivity contribution >= 4 is 17.2 Å². The molecule has 4 unspecified atom stereocenters. The predicted octanol–water partition coefficient (Wildman–Crippen LogP) is 11.0. The molecule has 1 saturated carbocycles. The van der Waals surface area contributed by atoms with Crippen LogP contribution in [0.1, 0.15) is 79.9 Å². The number of hydrogen-bond acceptors (Lipinski definition) is 3. The fraction of sp³-hybridized carbons (Fsp3) is 0.261. The van der Waals surface area contributed by atoms with Crippen molar-refractivity contribution < 1.29 is 0 Å². The number of allylic oxidation sites excluding steroid dienone is 1. The zero-order chi connectivity index (χ0) is 33.0. The van der Waals surface area contributed by atoms with E-state index in [4.69, 9.17) is 9.98 Å². The lowest BCUT2D eigenvalue weighted by molar-refractivity contribution is 0.339. The van der Waals surface area contributed by atoms with Crippen LogP contribution in [0.25, 0.3) is 27.8 Å². The van der Waals surface area contributed by atoms with E-state index in [-0.39, 0.29) is 17.5 Å². The summed E-state index contributed by atoms with van der Waals surface area (Å²) < 4.78 is 0. The standard InChI is InChI=1S/C46H43N3/c1-30-26-37(33-16-7-4-8-17-33)28-40(31(30)2)45-48-43(35-19-13-18-34(27-35)32-14-5-3-6-15-32)47-44(49-45)36-22-23-39-38-20-9-10-21-41(38)46(42(39)29-36)24-11-12-25-46/h3-10,13-23,27-31,40,43H,11-12,24-26H2,1-2H3,(H,47,48,49). The highest BCUT2D eigenvalue weighted by atomic mass is 15.2. The van der Waals surface area contributed by atoms with Crippen molar-refractivity contribution in [2.24, 2.45) is 27.7 Å². The molecular formula is C46H43N3. The molecule has 0 saturated heterocycles. The quantitative estimate of drug-likeness (QED) is 0.205. The molecular weight excluding hydrogens is 595 g/mol. The minimum atomic E-state index is -0.241. The van der Waals surface area contributed by atoms with Gasteiger partial charge in [0.1, 0.15) is 12.0 Å². The third kappa shape index (κ3) is 5.19. The molecule has 1 N–H and O–H groups in total. The van der Waals surface area contributed by atoms with Gasteiger partial charge in [-0.15, -0.1) is 0 Å². The molecule has 0 amide bonds. The predicted molar refractivity (Wildman–Crippen MR) is 204 cm³/mol. The van der Waals surface area contributed by atoms with E-state index in [2.05, 4.69) is 153 Å². The van der Waals surface area contributed by atoms with Gasteiger partial charge in [0.25, 0.3) is 0 Å². The molecule has 3 nitrogen and oxygen atoms in total. The Morgan fingerprint density at radius 3 is 2.12 bits per heavy atom. The Labute approximate surface area is 290 Å². The molecule has 4 aliphatic rings. The molecule has 5 aromatic rings. The van der Waals surface area contributed by atoms with Crippen LogP contribution in [0.4, 0.5) is 0 Å². The van der Waals surface area contributed by atoms with Crippen molar-refractivity contribution in [3.05, 3.63) is 161 Å². The Balaban J connectivity index is 1.17. The minimum absolute atomic E-state index is 0.103. The van der Waals surface area contributed by atoms with Crippen molar-refractivity contribution in [3.63, 3.8) is 0 Å². The van der Waals surface area contributed by atoms with Gasteiger partial charge in [-0.1, -0.05) is 148 Å². The van der Waals surface area contributed by atoms with Crippen LogP contribution in [0.15, 0.2) is 143 Å². The van der Waals surface area contributed by atoms with Crippen LogP contribution in [-0.4, -0.2) is 11.7 Å². The molecule has 1 fully saturated rings. The van der Waals surface area contributed by atoms with Crippen molar-refractivity contribution in [1.82, 2.24) is 5.32 Å². The zero-order valence-corrected chi connectivity index (χ0v) is 28.4. The molecule has 49 heavy (non-hydrogen) atoms. The van der Waals surface area contributed by atoms with Crippen molar-refractivity contribution in [3.8, 4) is 22.3 Å². The number of nitrogens with zero attached hydrogens (tertiary/aromatic N) is 2. The van der Waals surface area contributed by atoms with E-state index in [0.29, 0.717) is 11.8 Å². The maximum atomic E-state index is 5.45. The smallest absolute Gasteiger partial charge is 0.159 e. The number of fused-ring (bicyclic) bond motifs is 5. The van der Waals surface area contributed by atoms with Crippen LogP contribution in [0.3, 0.4) is 0 Å². The molecule has 0 bridgehead atoms. The maximum Gasteiger partial charge on any atom is 0.159 e. The Morgan fingerprint density at radius 1 is 0.633 bits per heavy atom. The highest BCUT2D eigenvalue weighted by Crippen LogP contribution is 2.57. The van der Waals surface area contributed by atoms with Gasteiger partial charge in [0.05, 0.1) is 0 Å². The Bertz CT molecular complexity index is 2120. The number of nitrogens with one attached hydrogen (secondary N) is 1. The van der Waals surface area contributed by atoms with Crippen molar-refractivity contribution in [2.45, 2.75) is 57.5 Å². The largest absolute Gasteiger partial charge is 0.348 e. The second-order valence-corrected chi connectivity index (χ2v) is 14.7. The lowest BCUT2D eigenvalue weighted by atomic mass is 9.73.